The predicted octanol–water partition coefficient (Wildman–Crippen LogP) is 5.04. The highest BCUT2D eigenvalue weighted by Crippen LogP contribution is 2.35. The van der Waals surface area contributed by atoms with E-state index in [1.807, 2.05) is 54.3 Å². The van der Waals surface area contributed by atoms with E-state index >= 15 is 0 Å². The highest BCUT2D eigenvalue weighted by atomic mass is 16.5. The van der Waals surface area contributed by atoms with Gasteiger partial charge >= 0.3 is 0 Å². The van der Waals surface area contributed by atoms with Crippen molar-refractivity contribution in [1.82, 2.24) is 9.88 Å². The fourth-order valence-electron chi connectivity index (χ4n) is 3.96. The third kappa shape index (κ3) is 3.50. The third-order valence-electron chi connectivity index (χ3n) is 5.27. The van der Waals surface area contributed by atoms with Crippen molar-refractivity contribution in [3.8, 4) is 16.9 Å². The van der Waals surface area contributed by atoms with Crippen molar-refractivity contribution >= 4 is 5.91 Å². The number of para-hydroxylation sites is 1. The largest absolute Gasteiger partial charge is 0.496 e. The van der Waals surface area contributed by atoms with Crippen molar-refractivity contribution in [3.63, 3.8) is 0 Å². The molecule has 1 aliphatic heterocycles. The lowest BCUT2D eigenvalue weighted by Crippen LogP contribution is -2.31. The Bertz CT molecular complexity index is 985. The molecule has 0 bridgehead atoms. The Hall–Kier alpha value is -3.14. The third-order valence-corrected chi connectivity index (χ3v) is 5.27. The quantitative estimate of drug-likeness (QED) is 0.644. The number of benzene rings is 2. The number of hydrogen-bond acceptors (Lipinski definition) is 3. The standard InChI is InChI=1S/C24H24N2O2/c1-17-15-19(18-9-4-3-5-10-18)16-21(25-17)22-12-8-14-26(22)24(27)20-11-6-7-13-23(20)28-2/h3-7,9-11,13,15-16,22H,8,12,14H2,1-2H3/t22-/m1/s1. The van der Waals surface area contributed by atoms with Gasteiger partial charge in [-0.1, -0.05) is 42.5 Å². The normalized spacial score (nSPS) is 16.2. The van der Waals surface area contributed by atoms with Crippen LogP contribution in [0.4, 0.5) is 0 Å². The maximum Gasteiger partial charge on any atom is 0.258 e. The zero-order valence-electron chi connectivity index (χ0n) is 16.3. The summed E-state index contributed by atoms with van der Waals surface area (Å²) in [6.45, 7) is 2.75. The summed E-state index contributed by atoms with van der Waals surface area (Å²) in [7, 11) is 1.60. The molecule has 0 unspecified atom stereocenters. The molecular weight excluding hydrogens is 348 g/mol. The van der Waals surface area contributed by atoms with Crippen LogP contribution >= 0.6 is 0 Å². The number of carbonyl (C=O) groups excluding carboxylic acids is 1. The van der Waals surface area contributed by atoms with Gasteiger partial charge in [-0.25, -0.2) is 0 Å². The van der Waals surface area contributed by atoms with Crippen molar-refractivity contribution in [2.24, 2.45) is 0 Å². The van der Waals surface area contributed by atoms with Gasteiger partial charge in [-0.05, 0) is 55.2 Å². The van der Waals surface area contributed by atoms with Crippen LogP contribution in [0.25, 0.3) is 11.1 Å². The minimum Gasteiger partial charge on any atom is -0.496 e. The number of pyridine rings is 1. The van der Waals surface area contributed by atoms with Crippen LogP contribution in [0.2, 0.25) is 0 Å². The summed E-state index contributed by atoms with van der Waals surface area (Å²) in [4.78, 5) is 20.0. The number of carbonyl (C=O) groups is 1. The summed E-state index contributed by atoms with van der Waals surface area (Å²) in [5, 5.41) is 0. The number of aromatic nitrogens is 1. The molecule has 4 rings (SSSR count). The van der Waals surface area contributed by atoms with E-state index < -0.39 is 0 Å². The van der Waals surface area contributed by atoms with Gasteiger partial charge in [-0.3, -0.25) is 9.78 Å². The number of ether oxygens (including phenoxy) is 1. The number of methoxy groups -OCH3 is 1. The average molecular weight is 372 g/mol. The van der Waals surface area contributed by atoms with Crippen LogP contribution in [-0.2, 0) is 0 Å². The fraction of sp³-hybridized carbons (Fsp3) is 0.250. The number of amides is 1. The lowest BCUT2D eigenvalue weighted by molar-refractivity contribution is 0.0729. The Balaban J connectivity index is 1.69. The second-order valence-corrected chi connectivity index (χ2v) is 7.14. The minimum atomic E-state index is -0.0141. The van der Waals surface area contributed by atoms with E-state index in [9.17, 15) is 4.79 Å². The number of aryl methyl sites for hydroxylation is 1. The molecule has 4 heteroatoms. The van der Waals surface area contributed by atoms with Gasteiger partial charge in [-0.2, -0.15) is 0 Å². The van der Waals surface area contributed by atoms with Crippen LogP contribution in [0.1, 0.15) is 40.6 Å². The molecule has 1 aromatic heterocycles. The van der Waals surface area contributed by atoms with Gasteiger partial charge in [0.1, 0.15) is 5.75 Å². The smallest absolute Gasteiger partial charge is 0.258 e. The fourth-order valence-corrected chi connectivity index (χ4v) is 3.96. The average Bonchev–Trinajstić information content (AvgIpc) is 3.23. The SMILES string of the molecule is COc1ccccc1C(=O)N1CCC[C@@H]1c1cc(-c2ccccc2)cc(C)n1. The molecule has 1 aliphatic rings. The van der Waals surface area contributed by atoms with E-state index in [2.05, 4.69) is 24.3 Å². The van der Waals surface area contributed by atoms with Crippen molar-refractivity contribution in [3.05, 3.63) is 83.7 Å². The van der Waals surface area contributed by atoms with Crippen LogP contribution in [0.3, 0.4) is 0 Å². The first-order chi connectivity index (χ1) is 13.7. The highest BCUT2D eigenvalue weighted by molar-refractivity contribution is 5.97. The minimum absolute atomic E-state index is 0.00418. The maximum atomic E-state index is 13.3. The Labute approximate surface area is 165 Å². The summed E-state index contributed by atoms with van der Waals surface area (Å²) in [6, 6.07) is 21.9. The molecule has 0 radical (unpaired) electrons. The van der Waals surface area contributed by atoms with Gasteiger partial charge in [0.25, 0.3) is 5.91 Å². The highest BCUT2D eigenvalue weighted by Gasteiger charge is 2.33. The molecule has 4 nitrogen and oxygen atoms in total. The molecule has 0 N–H and O–H groups in total. The number of rotatable bonds is 4. The molecule has 28 heavy (non-hydrogen) atoms. The molecule has 0 aliphatic carbocycles. The molecule has 2 aromatic carbocycles. The van der Waals surface area contributed by atoms with Gasteiger partial charge < -0.3 is 9.64 Å². The molecule has 0 saturated carbocycles. The van der Waals surface area contributed by atoms with Crippen LogP contribution < -0.4 is 4.74 Å². The molecule has 2 heterocycles. The van der Waals surface area contributed by atoms with E-state index in [1.165, 1.54) is 0 Å². The van der Waals surface area contributed by atoms with Crippen LogP contribution in [-0.4, -0.2) is 29.4 Å². The number of hydrogen-bond donors (Lipinski definition) is 0. The van der Waals surface area contributed by atoms with Gasteiger partial charge in [0.15, 0.2) is 0 Å². The lowest BCUT2D eigenvalue weighted by Gasteiger charge is -2.26. The summed E-state index contributed by atoms with van der Waals surface area (Å²) in [5.41, 5.74) is 4.83. The first kappa shape index (κ1) is 18.2. The molecule has 1 amide bonds. The van der Waals surface area contributed by atoms with Crippen molar-refractivity contribution in [1.29, 1.82) is 0 Å². The summed E-state index contributed by atoms with van der Waals surface area (Å²) < 4.78 is 5.40. The van der Waals surface area contributed by atoms with E-state index in [4.69, 9.17) is 9.72 Å². The molecular formula is C24H24N2O2. The van der Waals surface area contributed by atoms with E-state index in [1.54, 1.807) is 7.11 Å². The van der Waals surface area contributed by atoms with Crippen molar-refractivity contribution in [2.75, 3.05) is 13.7 Å². The van der Waals surface area contributed by atoms with Gasteiger partial charge in [-0.15, -0.1) is 0 Å². The molecule has 142 valence electrons. The van der Waals surface area contributed by atoms with Crippen molar-refractivity contribution in [2.45, 2.75) is 25.8 Å². The number of nitrogens with zero attached hydrogens (tertiary/aromatic N) is 2. The van der Waals surface area contributed by atoms with E-state index in [0.717, 1.165) is 41.9 Å². The predicted molar refractivity (Wildman–Crippen MR) is 110 cm³/mol. The van der Waals surface area contributed by atoms with Crippen LogP contribution in [0.5, 0.6) is 5.75 Å². The molecule has 1 atom stereocenters. The molecule has 0 spiro atoms. The molecule has 1 saturated heterocycles. The van der Waals surface area contributed by atoms with Crippen molar-refractivity contribution < 1.29 is 9.53 Å². The Kier molecular flexibility index (Phi) is 5.11. The second-order valence-electron chi connectivity index (χ2n) is 7.14. The number of likely N-dealkylation sites (tertiary alicyclic amines) is 1. The molecule has 1 fully saturated rings. The van der Waals surface area contributed by atoms with E-state index in [-0.39, 0.29) is 11.9 Å². The van der Waals surface area contributed by atoms with Crippen LogP contribution in [0.15, 0.2) is 66.7 Å². The zero-order chi connectivity index (χ0) is 19.5. The topological polar surface area (TPSA) is 42.4 Å². The van der Waals surface area contributed by atoms with Gasteiger partial charge in [0.2, 0.25) is 0 Å². The van der Waals surface area contributed by atoms with Crippen LogP contribution in [0, 0.1) is 6.92 Å². The summed E-state index contributed by atoms with van der Waals surface area (Å²) in [5.74, 6) is 0.616. The Morgan fingerprint density at radius 3 is 2.57 bits per heavy atom. The van der Waals surface area contributed by atoms with Gasteiger partial charge in [0.05, 0.1) is 24.4 Å². The lowest BCUT2D eigenvalue weighted by atomic mass is 10.0. The van der Waals surface area contributed by atoms with Gasteiger partial charge in [0, 0.05) is 12.2 Å². The first-order valence-electron chi connectivity index (χ1n) is 9.65. The Morgan fingerprint density at radius 2 is 1.79 bits per heavy atom. The zero-order valence-corrected chi connectivity index (χ0v) is 16.3. The summed E-state index contributed by atoms with van der Waals surface area (Å²) in [6.07, 6.45) is 1.90. The van der Waals surface area contributed by atoms with E-state index in [0.29, 0.717) is 11.3 Å². The Morgan fingerprint density at radius 1 is 1.04 bits per heavy atom. The second kappa shape index (κ2) is 7.85. The molecule has 3 aromatic rings. The first-order valence-corrected chi connectivity index (χ1v) is 9.65. The summed E-state index contributed by atoms with van der Waals surface area (Å²) >= 11 is 0. The maximum absolute atomic E-state index is 13.3. The monoisotopic (exact) mass is 372 g/mol.